The Morgan fingerprint density at radius 1 is 1.22 bits per heavy atom. The van der Waals surface area contributed by atoms with Crippen LogP contribution in [0.15, 0.2) is 24.3 Å². The number of rotatable bonds is 4. The summed E-state index contributed by atoms with van der Waals surface area (Å²) in [6.45, 7) is 6.08. The summed E-state index contributed by atoms with van der Waals surface area (Å²) in [4.78, 5) is 0. The molecule has 1 aliphatic heterocycles. The van der Waals surface area contributed by atoms with Crippen LogP contribution >= 0.6 is 0 Å². The summed E-state index contributed by atoms with van der Waals surface area (Å²) in [5, 5.41) is 13.4. The lowest BCUT2D eigenvalue weighted by Gasteiger charge is -2.31. The molecule has 0 amide bonds. The minimum absolute atomic E-state index is 0.170. The zero-order chi connectivity index (χ0) is 13.0. The first-order chi connectivity index (χ1) is 8.68. The molecule has 1 saturated heterocycles. The molecule has 0 bridgehead atoms. The Kier molecular flexibility index (Phi) is 4.61. The van der Waals surface area contributed by atoms with Crippen molar-refractivity contribution in [3.63, 3.8) is 0 Å². The van der Waals surface area contributed by atoms with Crippen molar-refractivity contribution in [2.45, 2.75) is 38.8 Å². The number of para-hydroxylation sites is 1. The van der Waals surface area contributed by atoms with Crippen LogP contribution < -0.4 is 5.32 Å². The van der Waals surface area contributed by atoms with Gasteiger partial charge in [0.15, 0.2) is 0 Å². The molecule has 1 aromatic carbocycles. The maximum atomic E-state index is 9.84. The molecule has 3 nitrogen and oxygen atoms in total. The number of nitrogens with one attached hydrogen (secondary N) is 1. The van der Waals surface area contributed by atoms with Crippen molar-refractivity contribution < 1.29 is 9.84 Å². The molecule has 0 aliphatic carbocycles. The summed E-state index contributed by atoms with van der Waals surface area (Å²) < 4.78 is 5.39. The number of hydrogen-bond donors (Lipinski definition) is 2. The molecule has 0 spiro atoms. The Balaban J connectivity index is 1.94. The van der Waals surface area contributed by atoms with E-state index in [2.05, 4.69) is 19.2 Å². The highest BCUT2D eigenvalue weighted by Gasteiger charge is 2.22. The second kappa shape index (κ2) is 6.21. The standard InChI is InChI=1S/C15H23NO2/c1-11(13-7-9-18-10-8-13)16-12(2)14-5-3-4-6-15(14)17/h3-6,11-13,16-17H,7-10H2,1-2H3. The van der Waals surface area contributed by atoms with Crippen LogP contribution in [-0.2, 0) is 4.74 Å². The van der Waals surface area contributed by atoms with Gasteiger partial charge in [-0.1, -0.05) is 18.2 Å². The average Bonchev–Trinajstić information content (AvgIpc) is 2.40. The van der Waals surface area contributed by atoms with Crippen LogP contribution in [0, 0.1) is 5.92 Å². The van der Waals surface area contributed by atoms with Gasteiger partial charge in [-0.05, 0) is 38.7 Å². The van der Waals surface area contributed by atoms with E-state index in [1.54, 1.807) is 6.07 Å². The van der Waals surface area contributed by atoms with E-state index in [0.717, 1.165) is 31.6 Å². The Bertz CT molecular complexity index is 375. The van der Waals surface area contributed by atoms with E-state index in [4.69, 9.17) is 4.74 Å². The van der Waals surface area contributed by atoms with Crippen molar-refractivity contribution >= 4 is 0 Å². The SMILES string of the molecule is CC(NC(C)C1CCOCC1)c1ccccc1O. The fourth-order valence-electron chi connectivity index (χ4n) is 2.69. The summed E-state index contributed by atoms with van der Waals surface area (Å²) >= 11 is 0. The van der Waals surface area contributed by atoms with Gasteiger partial charge in [0, 0.05) is 30.9 Å². The van der Waals surface area contributed by atoms with E-state index >= 15 is 0 Å². The van der Waals surface area contributed by atoms with E-state index < -0.39 is 0 Å². The highest BCUT2D eigenvalue weighted by molar-refractivity contribution is 5.34. The van der Waals surface area contributed by atoms with Crippen molar-refractivity contribution in [2.24, 2.45) is 5.92 Å². The average molecular weight is 249 g/mol. The van der Waals surface area contributed by atoms with Crippen molar-refractivity contribution in [3.05, 3.63) is 29.8 Å². The summed E-state index contributed by atoms with van der Waals surface area (Å²) in [7, 11) is 0. The third kappa shape index (κ3) is 3.24. The molecule has 0 aromatic heterocycles. The second-order valence-corrected chi connectivity index (χ2v) is 5.19. The van der Waals surface area contributed by atoms with Crippen LogP contribution in [0.5, 0.6) is 5.75 Å². The first-order valence-electron chi connectivity index (χ1n) is 6.80. The van der Waals surface area contributed by atoms with Gasteiger partial charge >= 0.3 is 0 Å². The van der Waals surface area contributed by atoms with Gasteiger partial charge < -0.3 is 15.2 Å². The third-order valence-electron chi connectivity index (χ3n) is 3.89. The molecule has 1 aromatic rings. The Labute approximate surface area is 109 Å². The largest absolute Gasteiger partial charge is 0.508 e. The Morgan fingerprint density at radius 3 is 2.56 bits per heavy atom. The van der Waals surface area contributed by atoms with Crippen molar-refractivity contribution in [1.29, 1.82) is 0 Å². The summed E-state index contributed by atoms with van der Waals surface area (Å²) in [5.41, 5.74) is 0.969. The van der Waals surface area contributed by atoms with Crippen LogP contribution in [0.1, 0.15) is 38.3 Å². The van der Waals surface area contributed by atoms with E-state index in [9.17, 15) is 5.11 Å². The summed E-state index contributed by atoms with van der Waals surface area (Å²) in [6.07, 6.45) is 2.25. The molecule has 2 N–H and O–H groups in total. The highest BCUT2D eigenvalue weighted by Crippen LogP contribution is 2.26. The molecular formula is C15H23NO2. The van der Waals surface area contributed by atoms with Crippen molar-refractivity contribution in [1.82, 2.24) is 5.32 Å². The van der Waals surface area contributed by atoms with Gasteiger partial charge in [0.05, 0.1) is 0 Å². The third-order valence-corrected chi connectivity index (χ3v) is 3.89. The molecule has 100 valence electrons. The maximum Gasteiger partial charge on any atom is 0.120 e. The topological polar surface area (TPSA) is 41.5 Å². The predicted molar refractivity (Wildman–Crippen MR) is 72.7 cm³/mol. The van der Waals surface area contributed by atoms with E-state index in [0.29, 0.717) is 17.7 Å². The van der Waals surface area contributed by atoms with Gasteiger partial charge in [-0.25, -0.2) is 0 Å². The predicted octanol–water partition coefficient (Wildman–Crippen LogP) is 2.86. The van der Waals surface area contributed by atoms with E-state index in [1.807, 2.05) is 18.2 Å². The van der Waals surface area contributed by atoms with Crippen LogP contribution in [0.25, 0.3) is 0 Å². The van der Waals surface area contributed by atoms with Gasteiger partial charge in [-0.15, -0.1) is 0 Å². The second-order valence-electron chi connectivity index (χ2n) is 5.19. The van der Waals surface area contributed by atoms with Gasteiger partial charge in [0.1, 0.15) is 5.75 Å². The molecule has 3 heteroatoms. The minimum atomic E-state index is 0.170. The van der Waals surface area contributed by atoms with Gasteiger partial charge in [0.2, 0.25) is 0 Å². The molecule has 1 heterocycles. The molecular weight excluding hydrogens is 226 g/mol. The molecule has 1 aliphatic rings. The van der Waals surface area contributed by atoms with Crippen LogP contribution in [0.3, 0.4) is 0 Å². The lowest BCUT2D eigenvalue weighted by atomic mass is 9.92. The van der Waals surface area contributed by atoms with E-state index in [-0.39, 0.29) is 6.04 Å². The highest BCUT2D eigenvalue weighted by atomic mass is 16.5. The number of aromatic hydroxyl groups is 1. The minimum Gasteiger partial charge on any atom is -0.508 e. The summed E-state index contributed by atoms with van der Waals surface area (Å²) in [5.74, 6) is 1.05. The zero-order valence-electron chi connectivity index (χ0n) is 11.2. The molecule has 0 saturated carbocycles. The van der Waals surface area contributed by atoms with Crippen molar-refractivity contribution in [2.75, 3.05) is 13.2 Å². The van der Waals surface area contributed by atoms with Gasteiger partial charge in [-0.3, -0.25) is 0 Å². The molecule has 0 radical (unpaired) electrons. The van der Waals surface area contributed by atoms with E-state index in [1.165, 1.54) is 0 Å². The molecule has 2 unspecified atom stereocenters. The van der Waals surface area contributed by atoms with Gasteiger partial charge in [0.25, 0.3) is 0 Å². The van der Waals surface area contributed by atoms with Crippen LogP contribution in [0.2, 0.25) is 0 Å². The number of phenols is 1. The number of ether oxygens (including phenoxy) is 1. The summed E-state index contributed by atoms with van der Waals surface area (Å²) in [6, 6.07) is 8.16. The molecule has 18 heavy (non-hydrogen) atoms. The zero-order valence-corrected chi connectivity index (χ0v) is 11.2. The number of hydrogen-bond acceptors (Lipinski definition) is 3. The molecule has 2 rings (SSSR count). The smallest absolute Gasteiger partial charge is 0.120 e. The molecule has 2 atom stereocenters. The lowest BCUT2D eigenvalue weighted by Crippen LogP contribution is -2.38. The Morgan fingerprint density at radius 2 is 1.89 bits per heavy atom. The monoisotopic (exact) mass is 249 g/mol. The first kappa shape index (κ1) is 13.4. The van der Waals surface area contributed by atoms with Crippen LogP contribution in [-0.4, -0.2) is 24.4 Å². The lowest BCUT2D eigenvalue weighted by molar-refractivity contribution is 0.0546. The van der Waals surface area contributed by atoms with Crippen molar-refractivity contribution in [3.8, 4) is 5.75 Å². The van der Waals surface area contributed by atoms with Crippen LogP contribution in [0.4, 0.5) is 0 Å². The fourth-order valence-corrected chi connectivity index (χ4v) is 2.69. The normalized spacial score (nSPS) is 20.6. The van der Waals surface area contributed by atoms with Gasteiger partial charge in [-0.2, -0.15) is 0 Å². The number of benzene rings is 1. The maximum absolute atomic E-state index is 9.84. The first-order valence-corrected chi connectivity index (χ1v) is 6.80. The quantitative estimate of drug-likeness (QED) is 0.862. The Hall–Kier alpha value is -1.06. The fraction of sp³-hybridized carbons (Fsp3) is 0.600. The number of phenolic OH excluding ortho intramolecular Hbond substituents is 1. The molecule has 1 fully saturated rings.